The maximum absolute atomic E-state index is 12.4. The first kappa shape index (κ1) is 19.2. The highest BCUT2D eigenvalue weighted by Gasteiger charge is 2.15. The summed E-state index contributed by atoms with van der Waals surface area (Å²) >= 11 is 2.10. The van der Waals surface area contributed by atoms with Crippen LogP contribution in [0.15, 0.2) is 48.5 Å². The molecule has 0 radical (unpaired) electrons. The highest BCUT2D eigenvalue weighted by Crippen LogP contribution is 2.15. The van der Waals surface area contributed by atoms with Gasteiger partial charge in [0.05, 0.1) is 24.2 Å². The molecule has 0 saturated heterocycles. The van der Waals surface area contributed by atoms with Crippen LogP contribution in [0.2, 0.25) is 0 Å². The Hall–Kier alpha value is -2.55. The van der Waals surface area contributed by atoms with Crippen molar-refractivity contribution in [3.05, 3.63) is 69.2 Å². The lowest BCUT2D eigenvalue weighted by Gasteiger charge is -2.17. The van der Waals surface area contributed by atoms with Gasteiger partial charge in [-0.15, -0.1) is 0 Å². The monoisotopic (exact) mass is 474 g/mol. The number of carbonyl (C=O) groups excluding carboxylic acids is 2. The lowest BCUT2D eigenvalue weighted by Crippen LogP contribution is -2.38. The highest BCUT2D eigenvalue weighted by atomic mass is 127. The molecule has 0 unspecified atom stereocenters. The zero-order valence-electron chi connectivity index (χ0n) is 15.1. The Kier molecular flexibility index (Phi) is 6.00. The van der Waals surface area contributed by atoms with Gasteiger partial charge in [-0.3, -0.25) is 9.59 Å². The molecule has 6 nitrogen and oxygen atoms in total. The van der Waals surface area contributed by atoms with Crippen molar-refractivity contribution < 1.29 is 9.59 Å². The SMILES string of the molecule is Cc1nc(CN(C)C(=O)CNC(=O)c2ccccc2I)nc2ccccc12. The molecular formula is C20H19IN4O2. The van der Waals surface area contributed by atoms with Crippen LogP contribution in [0.3, 0.4) is 0 Å². The molecule has 3 aromatic rings. The Morgan fingerprint density at radius 1 is 1.07 bits per heavy atom. The molecule has 0 fully saturated rings. The van der Waals surface area contributed by atoms with Crippen LogP contribution in [0, 0.1) is 10.5 Å². The van der Waals surface area contributed by atoms with Gasteiger partial charge in [-0.25, -0.2) is 9.97 Å². The molecule has 0 aliphatic rings. The van der Waals surface area contributed by atoms with Crippen LogP contribution in [0.1, 0.15) is 21.9 Å². The standard InChI is InChI=1S/C20H19IN4O2/c1-13-14-7-4-6-10-17(14)24-18(23-13)12-25(2)19(26)11-22-20(27)15-8-3-5-9-16(15)21/h3-10H,11-12H2,1-2H3,(H,22,27). The van der Waals surface area contributed by atoms with Crippen LogP contribution in [-0.4, -0.2) is 40.3 Å². The summed E-state index contributed by atoms with van der Waals surface area (Å²) in [6.07, 6.45) is 0. The fourth-order valence-electron chi connectivity index (χ4n) is 2.70. The van der Waals surface area contributed by atoms with Crippen LogP contribution < -0.4 is 5.32 Å². The highest BCUT2D eigenvalue weighted by molar-refractivity contribution is 14.1. The minimum Gasteiger partial charge on any atom is -0.343 e. The number of carbonyl (C=O) groups is 2. The summed E-state index contributed by atoms with van der Waals surface area (Å²) in [4.78, 5) is 35.1. The van der Waals surface area contributed by atoms with E-state index in [0.29, 0.717) is 11.4 Å². The van der Waals surface area contributed by atoms with Crippen molar-refractivity contribution in [3.63, 3.8) is 0 Å². The first-order valence-electron chi connectivity index (χ1n) is 8.44. The van der Waals surface area contributed by atoms with Crippen molar-refractivity contribution in [2.75, 3.05) is 13.6 Å². The summed E-state index contributed by atoms with van der Waals surface area (Å²) in [5, 5.41) is 3.67. The Bertz CT molecular complexity index is 1010. The zero-order valence-corrected chi connectivity index (χ0v) is 17.2. The van der Waals surface area contributed by atoms with Crippen molar-refractivity contribution in [2.45, 2.75) is 13.5 Å². The molecule has 27 heavy (non-hydrogen) atoms. The van der Waals surface area contributed by atoms with E-state index in [0.717, 1.165) is 20.2 Å². The number of aromatic nitrogens is 2. The maximum atomic E-state index is 12.4. The predicted molar refractivity (Wildman–Crippen MR) is 112 cm³/mol. The second-order valence-corrected chi connectivity index (χ2v) is 7.32. The Balaban J connectivity index is 1.63. The summed E-state index contributed by atoms with van der Waals surface area (Å²) in [6, 6.07) is 15.0. The van der Waals surface area contributed by atoms with Crippen LogP contribution in [-0.2, 0) is 11.3 Å². The van der Waals surface area contributed by atoms with E-state index in [2.05, 4.69) is 37.9 Å². The molecule has 2 aromatic carbocycles. The third-order valence-corrected chi connectivity index (χ3v) is 5.10. The number of nitrogens with zero attached hydrogens (tertiary/aromatic N) is 3. The molecule has 0 atom stereocenters. The van der Waals surface area contributed by atoms with Gasteiger partial charge in [0.15, 0.2) is 0 Å². The molecule has 1 aromatic heterocycles. The summed E-state index contributed by atoms with van der Waals surface area (Å²) in [5.74, 6) is 0.106. The number of nitrogens with one attached hydrogen (secondary N) is 1. The fourth-order valence-corrected chi connectivity index (χ4v) is 3.33. The maximum Gasteiger partial charge on any atom is 0.252 e. The van der Waals surface area contributed by atoms with E-state index >= 15 is 0 Å². The molecule has 1 heterocycles. The third-order valence-electron chi connectivity index (χ3n) is 4.16. The molecule has 0 saturated carbocycles. The van der Waals surface area contributed by atoms with Gasteiger partial charge in [-0.2, -0.15) is 0 Å². The van der Waals surface area contributed by atoms with Crippen molar-refractivity contribution in [3.8, 4) is 0 Å². The lowest BCUT2D eigenvalue weighted by molar-refractivity contribution is -0.129. The number of amides is 2. The van der Waals surface area contributed by atoms with Crippen molar-refractivity contribution >= 4 is 45.3 Å². The second kappa shape index (κ2) is 8.43. The quantitative estimate of drug-likeness (QED) is 0.578. The second-order valence-electron chi connectivity index (χ2n) is 6.15. The van der Waals surface area contributed by atoms with E-state index in [9.17, 15) is 9.59 Å². The number of hydrogen-bond donors (Lipinski definition) is 1. The Morgan fingerprint density at radius 2 is 1.78 bits per heavy atom. The van der Waals surface area contributed by atoms with E-state index < -0.39 is 0 Å². The molecule has 138 valence electrons. The topological polar surface area (TPSA) is 75.2 Å². The summed E-state index contributed by atoms with van der Waals surface area (Å²) in [5.41, 5.74) is 2.29. The number of likely N-dealkylation sites (N-methyl/N-ethyl adjacent to an activating group) is 1. The van der Waals surface area contributed by atoms with Crippen LogP contribution in [0.25, 0.3) is 10.9 Å². The van der Waals surface area contributed by atoms with Gasteiger partial charge >= 0.3 is 0 Å². The molecule has 0 aliphatic heterocycles. The van der Waals surface area contributed by atoms with E-state index in [1.165, 1.54) is 4.90 Å². The number of halogens is 1. The van der Waals surface area contributed by atoms with E-state index in [1.807, 2.05) is 43.3 Å². The summed E-state index contributed by atoms with van der Waals surface area (Å²) < 4.78 is 0.841. The van der Waals surface area contributed by atoms with Gasteiger partial charge < -0.3 is 10.2 Å². The number of fused-ring (bicyclic) bond motifs is 1. The van der Waals surface area contributed by atoms with Gasteiger partial charge in [0, 0.05) is 21.7 Å². The average Bonchev–Trinajstić information content (AvgIpc) is 2.66. The fraction of sp³-hybridized carbons (Fsp3) is 0.200. The normalized spacial score (nSPS) is 10.6. The van der Waals surface area contributed by atoms with E-state index in [-0.39, 0.29) is 24.9 Å². The average molecular weight is 474 g/mol. The third kappa shape index (κ3) is 4.60. The lowest BCUT2D eigenvalue weighted by atomic mass is 10.2. The number of rotatable bonds is 5. The molecule has 0 bridgehead atoms. The molecule has 0 spiro atoms. The molecule has 1 N–H and O–H groups in total. The Labute approximate surface area is 171 Å². The number of aryl methyl sites for hydroxylation is 1. The van der Waals surface area contributed by atoms with Crippen LogP contribution in [0.4, 0.5) is 0 Å². The molecule has 0 aliphatic carbocycles. The first-order valence-corrected chi connectivity index (χ1v) is 9.52. The minimum absolute atomic E-state index is 0.0765. The zero-order chi connectivity index (χ0) is 19.4. The Morgan fingerprint density at radius 3 is 2.56 bits per heavy atom. The number of hydrogen-bond acceptors (Lipinski definition) is 4. The first-order chi connectivity index (χ1) is 13.0. The van der Waals surface area contributed by atoms with Gasteiger partial charge in [0.2, 0.25) is 5.91 Å². The van der Waals surface area contributed by atoms with Gasteiger partial charge in [0.1, 0.15) is 5.82 Å². The van der Waals surface area contributed by atoms with Crippen molar-refractivity contribution in [1.29, 1.82) is 0 Å². The summed E-state index contributed by atoms with van der Waals surface area (Å²) in [7, 11) is 1.68. The van der Waals surface area contributed by atoms with Gasteiger partial charge in [0.25, 0.3) is 5.91 Å². The van der Waals surface area contributed by atoms with Crippen LogP contribution >= 0.6 is 22.6 Å². The van der Waals surface area contributed by atoms with Crippen molar-refractivity contribution in [1.82, 2.24) is 20.2 Å². The largest absolute Gasteiger partial charge is 0.343 e. The van der Waals surface area contributed by atoms with E-state index in [4.69, 9.17) is 0 Å². The minimum atomic E-state index is -0.264. The predicted octanol–water partition coefficient (Wildman–Crippen LogP) is 2.93. The molecule has 7 heteroatoms. The number of benzene rings is 2. The smallest absolute Gasteiger partial charge is 0.252 e. The molecular weight excluding hydrogens is 455 g/mol. The van der Waals surface area contributed by atoms with Gasteiger partial charge in [-0.05, 0) is 47.7 Å². The van der Waals surface area contributed by atoms with Gasteiger partial charge in [-0.1, -0.05) is 30.3 Å². The van der Waals surface area contributed by atoms with E-state index in [1.54, 1.807) is 19.2 Å². The molecule has 3 rings (SSSR count). The van der Waals surface area contributed by atoms with Crippen LogP contribution in [0.5, 0.6) is 0 Å². The summed E-state index contributed by atoms with van der Waals surface area (Å²) in [6.45, 7) is 2.13. The van der Waals surface area contributed by atoms with Crippen molar-refractivity contribution in [2.24, 2.45) is 0 Å². The number of para-hydroxylation sites is 1. The molecule has 2 amide bonds.